The number of ether oxygens (including phenoxy) is 1. The molecule has 1 unspecified atom stereocenters. The topological polar surface area (TPSA) is 100 Å². The number of alkyl halides is 2. The number of nitrogens with zero attached hydrogens (tertiary/aromatic N) is 7. The van der Waals surface area contributed by atoms with Crippen LogP contribution < -0.4 is 15.1 Å². The van der Waals surface area contributed by atoms with E-state index in [2.05, 4.69) is 30.4 Å². The third-order valence-corrected chi connectivity index (χ3v) is 6.56. The molecule has 39 heavy (non-hydrogen) atoms. The molecule has 2 N–H and O–H groups in total. The van der Waals surface area contributed by atoms with E-state index in [9.17, 15) is 13.2 Å². The first kappa shape index (κ1) is 27.0. The van der Waals surface area contributed by atoms with E-state index >= 15 is 0 Å². The van der Waals surface area contributed by atoms with Gasteiger partial charge >= 0.3 is 0 Å². The third kappa shape index (κ3) is 6.02. The lowest BCUT2D eigenvalue weighted by atomic mass is 10.1. The summed E-state index contributed by atoms with van der Waals surface area (Å²) >= 11 is 5.38. The summed E-state index contributed by atoms with van der Waals surface area (Å²) in [5.74, 6) is 0.117. The van der Waals surface area contributed by atoms with E-state index < -0.39 is 11.5 Å². The molecular weight excluding hydrogens is 550 g/mol. The molecule has 1 aromatic carbocycles. The molecule has 0 saturated carbocycles. The van der Waals surface area contributed by atoms with Crippen molar-refractivity contribution < 1.29 is 17.9 Å². The molecule has 0 amide bonds. The van der Waals surface area contributed by atoms with E-state index in [4.69, 9.17) is 17.0 Å². The molecule has 1 aliphatic heterocycles. The largest absolute Gasteiger partial charge is 0.378 e. The highest BCUT2D eigenvalue weighted by Crippen LogP contribution is 2.38. The van der Waals surface area contributed by atoms with E-state index in [-0.39, 0.29) is 22.1 Å². The summed E-state index contributed by atoms with van der Waals surface area (Å²) in [7, 11) is 5.12. The van der Waals surface area contributed by atoms with Gasteiger partial charge in [0.1, 0.15) is 5.69 Å². The predicted octanol–water partition coefficient (Wildman–Crippen LogP) is 4.49. The Hall–Kier alpha value is -3.61. The minimum Gasteiger partial charge on any atom is -0.378 e. The van der Waals surface area contributed by atoms with Crippen LogP contribution in [-0.4, -0.2) is 70.1 Å². The van der Waals surface area contributed by atoms with Crippen molar-refractivity contribution in [1.82, 2.24) is 29.7 Å². The number of hydrogen-bond acceptors (Lipinski definition) is 9. The number of pyridine rings is 1. The van der Waals surface area contributed by atoms with Gasteiger partial charge in [0.25, 0.3) is 11.6 Å². The number of hydrogen-bond donors (Lipinski definition) is 2. The Morgan fingerprint density at radius 3 is 2.51 bits per heavy atom. The van der Waals surface area contributed by atoms with Gasteiger partial charge in [0.2, 0.25) is 4.77 Å². The smallest absolute Gasteiger partial charge is 0.284 e. The summed E-state index contributed by atoms with van der Waals surface area (Å²) in [4.78, 5) is 20.7. The van der Waals surface area contributed by atoms with Crippen LogP contribution >= 0.6 is 21.5 Å². The summed E-state index contributed by atoms with van der Waals surface area (Å²) in [5, 5.41) is 6.13. The molecule has 4 aromatic rings. The van der Waals surface area contributed by atoms with Crippen LogP contribution in [-0.2, 0) is 10.4 Å². The van der Waals surface area contributed by atoms with E-state index in [0.29, 0.717) is 54.9 Å². The monoisotopic (exact) mass is 575 g/mol. The Kier molecular flexibility index (Phi) is 7.52. The van der Waals surface area contributed by atoms with Gasteiger partial charge in [-0.1, -0.05) is 9.24 Å². The highest BCUT2D eigenvalue weighted by Gasteiger charge is 2.26. The van der Waals surface area contributed by atoms with Crippen LogP contribution in [0.4, 0.5) is 36.1 Å². The molecule has 15 heteroatoms. The number of benzene rings is 1. The van der Waals surface area contributed by atoms with Gasteiger partial charge in [-0.15, -0.1) is 0 Å². The van der Waals surface area contributed by atoms with E-state index in [1.54, 1.807) is 57.5 Å². The lowest BCUT2D eigenvalue weighted by Gasteiger charge is -2.27. The van der Waals surface area contributed by atoms with Crippen LogP contribution in [0.5, 0.6) is 0 Å². The van der Waals surface area contributed by atoms with E-state index in [0.717, 1.165) is 6.20 Å². The minimum atomic E-state index is -3.07. The number of nitrogens with one attached hydrogen (secondary N) is 2. The maximum absolute atomic E-state index is 14.5. The lowest BCUT2D eigenvalue weighted by molar-refractivity contribution is 0.104. The van der Waals surface area contributed by atoms with Crippen molar-refractivity contribution in [3.8, 4) is 17.5 Å². The van der Waals surface area contributed by atoms with Crippen LogP contribution in [0.15, 0.2) is 42.7 Å². The molecule has 0 bridgehead atoms. The quantitative estimate of drug-likeness (QED) is 0.244. The number of H-pyrrole nitrogens is 1. The van der Waals surface area contributed by atoms with Crippen molar-refractivity contribution in [2.24, 2.45) is 0 Å². The Morgan fingerprint density at radius 2 is 1.85 bits per heavy atom. The van der Waals surface area contributed by atoms with Crippen molar-refractivity contribution in [3.05, 3.63) is 58.9 Å². The first-order valence-corrected chi connectivity index (χ1v) is 12.8. The summed E-state index contributed by atoms with van der Waals surface area (Å²) < 4.78 is 49.3. The first-order valence-electron chi connectivity index (χ1n) is 11.9. The van der Waals surface area contributed by atoms with Gasteiger partial charge in [-0.3, -0.25) is 10.1 Å². The van der Waals surface area contributed by atoms with Crippen molar-refractivity contribution in [2.45, 2.75) is 5.66 Å². The van der Waals surface area contributed by atoms with Crippen LogP contribution in [0.3, 0.4) is 0 Å². The standard InChI is InChI=1S/C24H25F3N9OPS/c1-34(2)17-10-14(24(26,27)38)9-16(11-17)30-15-3-4-19(28-12-15)20-31-23(39)36(33-20)22-29-13-18(25)21(32-22)35-5-7-37-8-6-35/h3-4,9-13,30H,5-8,38H2,1-2H3,(H,31,33,39). The number of anilines is 4. The fourth-order valence-corrected chi connectivity index (χ4v) is 4.32. The second-order valence-corrected chi connectivity index (χ2v) is 10.1. The van der Waals surface area contributed by atoms with Crippen LogP contribution in [0, 0.1) is 10.6 Å². The number of halogens is 3. The molecule has 1 saturated heterocycles. The van der Waals surface area contributed by atoms with Gasteiger partial charge in [-0.2, -0.15) is 23.4 Å². The van der Waals surface area contributed by atoms with Gasteiger partial charge in [0.15, 0.2) is 17.5 Å². The summed E-state index contributed by atoms with van der Waals surface area (Å²) in [6.45, 7) is 1.99. The first-order chi connectivity index (χ1) is 18.6. The molecular formula is C24H25F3N9OPS. The Morgan fingerprint density at radius 1 is 1.08 bits per heavy atom. The van der Waals surface area contributed by atoms with E-state index in [1.807, 2.05) is 0 Å². The van der Waals surface area contributed by atoms with Crippen LogP contribution in [0.2, 0.25) is 0 Å². The average Bonchev–Trinajstić information content (AvgIpc) is 3.30. The minimum absolute atomic E-state index is 0.135. The zero-order chi connectivity index (χ0) is 27.7. The maximum atomic E-state index is 14.5. The fraction of sp³-hybridized carbons (Fsp3) is 0.292. The van der Waals surface area contributed by atoms with Gasteiger partial charge in [0, 0.05) is 44.1 Å². The molecule has 1 atom stereocenters. The highest BCUT2D eigenvalue weighted by molar-refractivity contribution is 7.71. The van der Waals surface area contributed by atoms with Gasteiger partial charge in [-0.05, 0) is 42.5 Å². The van der Waals surface area contributed by atoms with Crippen LogP contribution in [0.25, 0.3) is 17.5 Å². The second kappa shape index (κ2) is 10.9. The van der Waals surface area contributed by atoms with Crippen LogP contribution in [0.1, 0.15) is 5.56 Å². The van der Waals surface area contributed by atoms with Crippen molar-refractivity contribution in [3.63, 3.8) is 0 Å². The highest BCUT2D eigenvalue weighted by atomic mass is 32.1. The van der Waals surface area contributed by atoms with Crippen molar-refractivity contribution in [1.29, 1.82) is 0 Å². The Labute approximate surface area is 229 Å². The summed E-state index contributed by atoms with van der Waals surface area (Å²) in [6, 6.07) is 8.03. The molecule has 4 heterocycles. The number of aromatic nitrogens is 6. The molecule has 1 aliphatic rings. The normalized spacial score (nSPS) is 13.9. The molecule has 0 aliphatic carbocycles. The molecule has 204 valence electrons. The number of rotatable bonds is 7. The second-order valence-electron chi connectivity index (χ2n) is 8.97. The average molecular weight is 576 g/mol. The predicted molar refractivity (Wildman–Crippen MR) is 148 cm³/mol. The third-order valence-electron chi connectivity index (χ3n) is 5.95. The van der Waals surface area contributed by atoms with Crippen molar-refractivity contribution in [2.75, 3.05) is 55.5 Å². The summed E-state index contributed by atoms with van der Waals surface area (Å²) in [6.07, 6.45) is 2.65. The lowest BCUT2D eigenvalue weighted by Crippen LogP contribution is -2.37. The van der Waals surface area contributed by atoms with E-state index in [1.165, 1.54) is 16.8 Å². The molecule has 10 nitrogen and oxygen atoms in total. The Bertz CT molecular complexity index is 1530. The maximum Gasteiger partial charge on any atom is 0.284 e. The van der Waals surface area contributed by atoms with Gasteiger partial charge in [0.05, 0.1) is 31.3 Å². The molecule has 0 radical (unpaired) electrons. The molecule has 5 rings (SSSR count). The van der Waals surface area contributed by atoms with Gasteiger partial charge in [-0.25, -0.2) is 9.37 Å². The Balaban J connectivity index is 1.38. The molecule has 0 spiro atoms. The fourth-order valence-electron chi connectivity index (χ4n) is 3.94. The zero-order valence-electron chi connectivity index (χ0n) is 21.0. The number of morpholine rings is 1. The summed E-state index contributed by atoms with van der Waals surface area (Å²) in [5.41, 5.74) is -1.04. The van der Waals surface area contributed by atoms with Crippen molar-refractivity contribution >= 4 is 44.3 Å². The zero-order valence-corrected chi connectivity index (χ0v) is 23.0. The van der Waals surface area contributed by atoms with Gasteiger partial charge < -0.3 is 19.9 Å². The SMILES string of the molecule is CN(C)c1cc(Nc2ccc(-c3nc(=S)n(-c4ncc(F)c(N5CCOCC5)n4)[nH]3)nc2)cc(C(F)(F)P)c1. The number of aromatic amines is 1. The molecule has 3 aromatic heterocycles. The molecule has 1 fully saturated rings.